The number of nitrogens with two attached hydrogens (primary N) is 2. The molecule has 4 N–H and O–H groups in total. The van der Waals surface area contributed by atoms with E-state index < -0.39 is 0 Å². The fraction of sp³-hybridized carbons (Fsp3) is 0.529. The molecule has 0 saturated carbocycles. The fourth-order valence-electron chi connectivity index (χ4n) is 8.33. The second kappa shape index (κ2) is 24.7. The Balaban J connectivity index is 1.40. The van der Waals surface area contributed by atoms with Gasteiger partial charge in [0, 0.05) is 23.2 Å². The summed E-state index contributed by atoms with van der Waals surface area (Å²) in [7, 11) is 0. The fourth-order valence-corrected chi connectivity index (χ4v) is 8.33. The summed E-state index contributed by atoms with van der Waals surface area (Å²) in [5.74, 6) is 1.50. The third-order valence-electron chi connectivity index (χ3n) is 11.6. The number of nitrogen functional groups attached to an aromatic ring is 2. The van der Waals surface area contributed by atoms with Crippen LogP contribution in [0.1, 0.15) is 188 Å². The molecule has 2 unspecified atom stereocenters. The predicted octanol–water partition coefficient (Wildman–Crippen LogP) is 15.0. The van der Waals surface area contributed by atoms with Crippen LogP contribution in [0.4, 0.5) is 11.4 Å². The van der Waals surface area contributed by atoms with Crippen LogP contribution in [0, 0.1) is 5.92 Å². The molecule has 0 fully saturated rings. The molecule has 2 nitrogen and oxygen atoms in total. The molecule has 0 bridgehead atoms. The molecular formula is C51H74N2. The van der Waals surface area contributed by atoms with Crippen LogP contribution < -0.4 is 11.5 Å². The number of hydrogen-bond acceptors (Lipinski definition) is 2. The van der Waals surface area contributed by atoms with Gasteiger partial charge in [-0.05, 0) is 95.7 Å². The van der Waals surface area contributed by atoms with E-state index in [2.05, 4.69) is 118 Å². The van der Waals surface area contributed by atoms with Gasteiger partial charge in [-0.3, -0.25) is 0 Å². The van der Waals surface area contributed by atoms with Crippen LogP contribution in [0.25, 0.3) is 0 Å². The number of benzene rings is 4. The highest BCUT2D eigenvalue weighted by Gasteiger charge is 2.18. The van der Waals surface area contributed by atoms with E-state index in [0.29, 0.717) is 17.8 Å². The lowest BCUT2D eigenvalue weighted by Crippen LogP contribution is -2.10. The average Bonchev–Trinajstić information content (AvgIpc) is 3.18. The van der Waals surface area contributed by atoms with Gasteiger partial charge < -0.3 is 11.5 Å². The van der Waals surface area contributed by atoms with E-state index in [-0.39, 0.29) is 0 Å². The van der Waals surface area contributed by atoms with Crippen molar-refractivity contribution in [1.82, 2.24) is 0 Å². The lowest BCUT2D eigenvalue weighted by atomic mass is 9.84. The molecule has 0 aromatic heterocycles. The topological polar surface area (TPSA) is 52.0 Å². The molecule has 0 radical (unpaired) electrons. The Kier molecular flexibility index (Phi) is 19.7. The van der Waals surface area contributed by atoms with Gasteiger partial charge in [-0.25, -0.2) is 0 Å². The van der Waals surface area contributed by atoms with E-state index in [1.54, 1.807) is 0 Å². The average molecular weight is 715 g/mol. The molecule has 4 aromatic rings. The molecule has 0 aliphatic rings. The summed E-state index contributed by atoms with van der Waals surface area (Å²) in [5, 5.41) is 0. The van der Waals surface area contributed by atoms with Crippen molar-refractivity contribution < 1.29 is 0 Å². The molecule has 0 aliphatic heterocycles. The summed E-state index contributed by atoms with van der Waals surface area (Å²) in [5.41, 5.74) is 22.5. The molecule has 4 aromatic carbocycles. The monoisotopic (exact) mass is 715 g/mol. The van der Waals surface area contributed by atoms with Crippen LogP contribution in [-0.4, -0.2) is 0 Å². The van der Waals surface area contributed by atoms with Gasteiger partial charge in [-0.2, -0.15) is 0 Å². The third-order valence-corrected chi connectivity index (χ3v) is 11.6. The summed E-state index contributed by atoms with van der Waals surface area (Å²) in [6.07, 6.45) is 27.3. The first-order valence-electron chi connectivity index (χ1n) is 21.9. The number of unbranched alkanes of at least 4 members (excludes halogenated alkanes) is 13. The molecular weight excluding hydrogens is 641 g/mol. The van der Waals surface area contributed by atoms with Crippen LogP contribution in [0.15, 0.2) is 97.1 Å². The minimum absolute atomic E-state index is 0.428. The molecule has 53 heavy (non-hydrogen) atoms. The Hall–Kier alpha value is -3.52. The van der Waals surface area contributed by atoms with E-state index in [0.717, 1.165) is 24.2 Å². The molecule has 0 saturated heterocycles. The lowest BCUT2D eigenvalue weighted by molar-refractivity contribution is 0.460. The van der Waals surface area contributed by atoms with Crippen molar-refractivity contribution >= 4 is 11.4 Å². The lowest BCUT2D eigenvalue weighted by Gasteiger charge is -2.21. The highest BCUT2D eigenvalue weighted by Crippen LogP contribution is 2.34. The van der Waals surface area contributed by atoms with Gasteiger partial charge in [0.1, 0.15) is 0 Å². The van der Waals surface area contributed by atoms with Crippen molar-refractivity contribution in [3.05, 3.63) is 130 Å². The number of hydrogen-bond donors (Lipinski definition) is 2. The molecule has 2 atom stereocenters. The van der Waals surface area contributed by atoms with Crippen LogP contribution >= 0.6 is 0 Å². The molecule has 0 aliphatic carbocycles. The molecule has 0 amide bonds. The second-order valence-electron chi connectivity index (χ2n) is 16.2. The Morgan fingerprint density at radius 3 is 0.981 bits per heavy atom. The van der Waals surface area contributed by atoms with Crippen molar-refractivity contribution in [2.45, 2.75) is 167 Å². The summed E-state index contributed by atoms with van der Waals surface area (Å²) in [6, 6.07) is 36.6. The number of anilines is 2. The summed E-state index contributed by atoms with van der Waals surface area (Å²) >= 11 is 0. The Bertz CT molecular complexity index is 1370. The van der Waals surface area contributed by atoms with Crippen LogP contribution in [-0.2, 0) is 12.8 Å². The Morgan fingerprint density at radius 1 is 0.340 bits per heavy atom. The first kappa shape index (κ1) is 42.2. The zero-order chi connectivity index (χ0) is 37.5. The van der Waals surface area contributed by atoms with Gasteiger partial charge in [-0.1, -0.05) is 196 Å². The van der Waals surface area contributed by atoms with Crippen LogP contribution in [0.2, 0.25) is 0 Å². The first-order valence-corrected chi connectivity index (χ1v) is 21.9. The van der Waals surface area contributed by atoms with E-state index >= 15 is 0 Å². The molecule has 0 spiro atoms. The van der Waals surface area contributed by atoms with Crippen LogP contribution in [0.3, 0.4) is 0 Å². The summed E-state index contributed by atoms with van der Waals surface area (Å²) in [6.45, 7) is 6.92. The predicted molar refractivity (Wildman–Crippen MR) is 234 cm³/mol. The molecule has 2 heteroatoms. The van der Waals surface area contributed by atoms with Gasteiger partial charge in [0.15, 0.2) is 0 Å². The van der Waals surface area contributed by atoms with E-state index in [9.17, 15) is 0 Å². The smallest absolute Gasteiger partial charge is 0.0314 e. The highest BCUT2D eigenvalue weighted by atomic mass is 14.5. The quantitative estimate of drug-likeness (QED) is 0.0477. The number of rotatable bonds is 27. The Morgan fingerprint density at radius 2 is 0.642 bits per heavy atom. The zero-order valence-corrected chi connectivity index (χ0v) is 34.0. The maximum atomic E-state index is 6.08. The van der Waals surface area contributed by atoms with Crippen molar-refractivity contribution in [2.24, 2.45) is 5.92 Å². The maximum Gasteiger partial charge on any atom is 0.0314 e. The van der Waals surface area contributed by atoms with Gasteiger partial charge in [0.25, 0.3) is 0 Å². The Labute approximate surface area is 325 Å². The first-order chi connectivity index (χ1) is 26.0. The zero-order valence-electron chi connectivity index (χ0n) is 34.0. The minimum atomic E-state index is 0.428. The third kappa shape index (κ3) is 15.4. The second-order valence-corrected chi connectivity index (χ2v) is 16.2. The van der Waals surface area contributed by atoms with Crippen molar-refractivity contribution in [3.8, 4) is 0 Å². The molecule has 4 rings (SSSR count). The van der Waals surface area contributed by atoms with Crippen molar-refractivity contribution in [1.29, 1.82) is 0 Å². The van der Waals surface area contributed by atoms with Gasteiger partial charge >= 0.3 is 0 Å². The van der Waals surface area contributed by atoms with Crippen molar-refractivity contribution in [3.63, 3.8) is 0 Å². The van der Waals surface area contributed by atoms with Gasteiger partial charge in [0.05, 0.1) is 0 Å². The normalized spacial score (nSPS) is 13.2. The van der Waals surface area contributed by atoms with E-state index in [1.807, 2.05) is 0 Å². The van der Waals surface area contributed by atoms with Crippen LogP contribution in [0.5, 0.6) is 0 Å². The molecule has 0 heterocycles. The van der Waals surface area contributed by atoms with E-state index in [1.165, 1.54) is 155 Å². The maximum absolute atomic E-state index is 6.08. The standard InChI is InChI=1S/C51H74N2/c1-4-7-10-12-14-16-18-21-50(46-31-35-48(52)36-32-46)44-27-23-41(24-28-44)39-43(20-9-6-3)40-42-25-29-45(30-26-42)51(47-33-37-49(53)38-34-47)22-19-17-15-13-11-8-5-2/h23-38,43,50-51H,4-22,39-40,52-53H2,1-3H3. The van der Waals surface area contributed by atoms with Gasteiger partial charge in [0.2, 0.25) is 0 Å². The SMILES string of the molecule is CCCCCCCCCC(c1ccc(N)cc1)c1ccc(CC(CCCC)Cc2ccc(C(CCCCCCCCC)c3ccc(N)cc3)cc2)cc1. The summed E-state index contributed by atoms with van der Waals surface area (Å²) < 4.78 is 0. The largest absolute Gasteiger partial charge is 0.399 e. The molecule has 288 valence electrons. The van der Waals surface area contributed by atoms with Crippen molar-refractivity contribution in [2.75, 3.05) is 11.5 Å². The van der Waals surface area contributed by atoms with Gasteiger partial charge in [-0.15, -0.1) is 0 Å². The summed E-state index contributed by atoms with van der Waals surface area (Å²) in [4.78, 5) is 0. The highest BCUT2D eigenvalue weighted by molar-refractivity contribution is 5.44. The van der Waals surface area contributed by atoms with E-state index in [4.69, 9.17) is 11.5 Å². The minimum Gasteiger partial charge on any atom is -0.399 e.